The molecule has 6 nitrogen and oxygen atoms in total. The zero-order valence-corrected chi connectivity index (χ0v) is 20.2. The maximum absolute atomic E-state index is 12.8. The van der Waals surface area contributed by atoms with Crippen LogP contribution < -0.4 is 10.6 Å². The van der Waals surface area contributed by atoms with Crippen molar-refractivity contribution < 1.29 is 9.90 Å². The smallest absolute Gasteiger partial charge is 0.220 e. The van der Waals surface area contributed by atoms with Crippen LogP contribution in [-0.2, 0) is 17.9 Å². The van der Waals surface area contributed by atoms with Crippen molar-refractivity contribution in [3.8, 4) is 0 Å². The van der Waals surface area contributed by atoms with Gasteiger partial charge in [0, 0.05) is 44.1 Å². The standard InChI is InChI=1S/C27H38N4O2/c1-25(2)16-23(30-19-21-8-4-5-14-29-21)27(12-11-26(3,33)15-22(25)27)10-9-24(32)31-18-20-7-6-13-28-17-20/h4-8,13-14,17,22-23,30,33H,9-12,15-16,18-19H2,1-3H3,(H,31,32)/t22-,23-,26+,27+/m0/s1. The van der Waals surface area contributed by atoms with Crippen molar-refractivity contribution in [2.75, 3.05) is 0 Å². The molecule has 4 rings (SSSR count). The van der Waals surface area contributed by atoms with Crippen LogP contribution in [0.25, 0.3) is 0 Å². The Hall–Kier alpha value is -2.31. The van der Waals surface area contributed by atoms with Crippen LogP contribution in [0, 0.1) is 16.7 Å². The molecule has 178 valence electrons. The van der Waals surface area contributed by atoms with Crippen molar-refractivity contribution in [1.29, 1.82) is 0 Å². The number of hydrogen-bond acceptors (Lipinski definition) is 5. The minimum absolute atomic E-state index is 0.00777. The lowest BCUT2D eigenvalue weighted by molar-refractivity contribution is -0.123. The Morgan fingerprint density at radius 1 is 1.09 bits per heavy atom. The monoisotopic (exact) mass is 450 g/mol. The molecule has 0 radical (unpaired) electrons. The van der Waals surface area contributed by atoms with Gasteiger partial charge in [0.1, 0.15) is 0 Å². The zero-order chi connectivity index (χ0) is 23.5. The lowest BCUT2D eigenvalue weighted by Crippen LogP contribution is -2.51. The largest absolute Gasteiger partial charge is 0.390 e. The molecule has 3 N–H and O–H groups in total. The van der Waals surface area contributed by atoms with Crippen molar-refractivity contribution in [3.05, 3.63) is 60.2 Å². The third-order valence-electron chi connectivity index (χ3n) is 8.12. The molecule has 2 saturated carbocycles. The van der Waals surface area contributed by atoms with E-state index in [0.29, 0.717) is 24.9 Å². The average molecular weight is 451 g/mol. The highest BCUT2D eigenvalue weighted by Gasteiger charge is 2.61. The van der Waals surface area contributed by atoms with Crippen molar-refractivity contribution in [1.82, 2.24) is 20.6 Å². The van der Waals surface area contributed by atoms with Crippen LogP contribution in [0.2, 0.25) is 0 Å². The second-order valence-corrected chi connectivity index (χ2v) is 11.1. The minimum atomic E-state index is -0.635. The number of hydrogen-bond donors (Lipinski definition) is 3. The highest BCUT2D eigenvalue weighted by Crippen LogP contribution is 2.63. The summed E-state index contributed by atoms with van der Waals surface area (Å²) >= 11 is 0. The number of aromatic nitrogens is 2. The molecule has 33 heavy (non-hydrogen) atoms. The second kappa shape index (κ2) is 9.51. The van der Waals surface area contributed by atoms with E-state index < -0.39 is 5.60 Å². The number of amides is 1. The fraction of sp³-hybridized carbons (Fsp3) is 0.593. The van der Waals surface area contributed by atoms with E-state index in [1.165, 1.54) is 0 Å². The van der Waals surface area contributed by atoms with E-state index in [2.05, 4.69) is 40.5 Å². The molecule has 0 bridgehead atoms. The SMILES string of the molecule is CC1(C)C[C@H](NCc2ccccn2)[C@]2(CCC(=O)NCc3cccnc3)CC[C@@](C)(O)C[C@@H]12. The highest BCUT2D eigenvalue weighted by molar-refractivity contribution is 5.75. The van der Waals surface area contributed by atoms with Gasteiger partial charge in [-0.25, -0.2) is 0 Å². The third kappa shape index (κ3) is 5.44. The molecule has 6 heteroatoms. The quantitative estimate of drug-likeness (QED) is 0.566. The van der Waals surface area contributed by atoms with Crippen molar-refractivity contribution >= 4 is 5.91 Å². The molecule has 0 aromatic carbocycles. The fourth-order valence-electron chi connectivity index (χ4n) is 6.38. The molecule has 2 aromatic rings. The van der Waals surface area contributed by atoms with E-state index in [1.54, 1.807) is 12.4 Å². The fourth-order valence-corrected chi connectivity index (χ4v) is 6.38. The Bertz CT molecular complexity index is 932. The number of rotatable bonds is 8. The van der Waals surface area contributed by atoms with Gasteiger partial charge in [0.25, 0.3) is 0 Å². The van der Waals surface area contributed by atoms with Crippen LogP contribution >= 0.6 is 0 Å². The first kappa shape index (κ1) is 23.8. The van der Waals surface area contributed by atoms with E-state index in [0.717, 1.165) is 49.9 Å². The first-order valence-electron chi connectivity index (χ1n) is 12.2. The van der Waals surface area contributed by atoms with Crippen molar-refractivity contribution in [3.63, 3.8) is 0 Å². The van der Waals surface area contributed by atoms with E-state index >= 15 is 0 Å². The molecule has 2 heterocycles. The molecule has 2 aliphatic rings. The molecule has 0 unspecified atom stereocenters. The Morgan fingerprint density at radius 2 is 1.94 bits per heavy atom. The Morgan fingerprint density at radius 3 is 2.67 bits per heavy atom. The number of pyridine rings is 2. The van der Waals surface area contributed by atoms with E-state index in [4.69, 9.17) is 0 Å². The first-order chi connectivity index (χ1) is 15.7. The van der Waals surface area contributed by atoms with Gasteiger partial charge in [0.15, 0.2) is 0 Å². The van der Waals surface area contributed by atoms with Crippen molar-refractivity contribution in [2.45, 2.75) is 84.0 Å². The predicted octanol–water partition coefficient (Wildman–Crippen LogP) is 4.00. The van der Waals surface area contributed by atoms with Gasteiger partial charge in [0.05, 0.1) is 11.3 Å². The molecular weight excluding hydrogens is 412 g/mol. The number of nitrogens with one attached hydrogen (secondary N) is 2. The van der Waals surface area contributed by atoms with E-state index in [1.807, 2.05) is 37.4 Å². The topological polar surface area (TPSA) is 87.1 Å². The molecule has 2 aromatic heterocycles. The third-order valence-corrected chi connectivity index (χ3v) is 8.12. The van der Waals surface area contributed by atoms with Crippen LogP contribution in [0.15, 0.2) is 48.9 Å². The van der Waals surface area contributed by atoms with Crippen LogP contribution in [0.5, 0.6) is 0 Å². The molecule has 1 amide bonds. The summed E-state index contributed by atoms with van der Waals surface area (Å²) in [5.41, 5.74) is 1.49. The number of carbonyl (C=O) groups excluding carboxylic acids is 1. The second-order valence-electron chi connectivity index (χ2n) is 11.1. The van der Waals surface area contributed by atoms with Crippen LogP contribution in [0.1, 0.15) is 70.6 Å². The summed E-state index contributed by atoms with van der Waals surface area (Å²) in [6.07, 6.45) is 10.2. The number of carbonyl (C=O) groups is 1. The lowest BCUT2D eigenvalue weighted by atomic mass is 9.57. The molecule has 0 aliphatic heterocycles. The molecule has 0 saturated heterocycles. The van der Waals surface area contributed by atoms with Crippen LogP contribution in [-0.4, -0.2) is 32.6 Å². The average Bonchev–Trinajstić information content (AvgIpc) is 3.02. The number of fused-ring (bicyclic) bond motifs is 1. The zero-order valence-electron chi connectivity index (χ0n) is 20.2. The van der Waals surface area contributed by atoms with Gasteiger partial charge >= 0.3 is 0 Å². The molecule has 0 spiro atoms. The van der Waals surface area contributed by atoms with Gasteiger partial charge in [-0.2, -0.15) is 0 Å². The number of nitrogens with zero attached hydrogens (tertiary/aromatic N) is 2. The van der Waals surface area contributed by atoms with Gasteiger partial charge in [-0.05, 0) is 79.5 Å². The summed E-state index contributed by atoms with van der Waals surface area (Å²) in [7, 11) is 0. The summed E-state index contributed by atoms with van der Waals surface area (Å²) in [6.45, 7) is 7.87. The van der Waals surface area contributed by atoms with Gasteiger partial charge < -0.3 is 15.7 Å². The normalized spacial score (nSPS) is 30.5. The summed E-state index contributed by atoms with van der Waals surface area (Å²) in [5, 5.41) is 17.8. The summed E-state index contributed by atoms with van der Waals surface area (Å²) in [6, 6.07) is 10.2. The summed E-state index contributed by atoms with van der Waals surface area (Å²) in [4.78, 5) is 21.4. The maximum Gasteiger partial charge on any atom is 0.220 e. The first-order valence-corrected chi connectivity index (χ1v) is 12.2. The molecule has 4 atom stereocenters. The van der Waals surface area contributed by atoms with Gasteiger partial charge in [0.2, 0.25) is 5.91 Å². The van der Waals surface area contributed by atoms with E-state index in [-0.39, 0.29) is 16.7 Å². The predicted molar refractivity (Wildman–Crippen MR) is 129 cm³/mol. The minimum Gasteiger partial charge on any atom is -0.390 e. The lowest BCUT2D eigenvalue weighted by Gasteiger charge is -2.51. The van der Waals surface area contributed by atoms with Gasteiger partial charge in [-0.1, -0.05) is 26.0 Å². The summed E-state index contributed by atoms with van der Waals surface area (Å²) in [5.74, 6) is 0.443. The van der Waals surface area contributed by atoms with Gasteiger partial charge in [-0.15, -0.1) is 0 Å². The molecular formula is C27H38N4O2. The molecule has 2 aliphatic carbocycles. The maximum atomic E-state index is 12.8. The Labute approximate surface area is 197 Å². The Kier molecular flexibility index (Phi) is 6.87. The van der Waals surface area contributed by atoms with Crippen LogP contribution in [0.3, 0.4) is 0 Å². The van der Waals surface area contributed by atoms with Crippen molar-refractivity contribution in [2.24, 2.45) is 16.7 Å². The Balaban J connectivity index is 1.48. The number of aliphatic hydroxyl groups is 1. The van der Waals surface area contributed by atoms with Crippen LogP contribution in [0.4, 0.5) is 0 Å². The van der Waals surface area contributed by atoms with Gasteiger partial charge in [-0.3, -0.25) is 14.8 Å². The van der Waals surface area contributed by atoms with E-state index in [9.17, 15) is 9.90 Å². The highest BCUT2D eigenvalue weighted by atomic mass is 16.3. The molecule has 2 fully saturated rings. The summed E-state index contributed by atoms with van der Waals surface area (Å²) < 4.78 is 0.